The highest BCUT2D eigenvalue weighted by Gasteiger charge is 2.42. The Bertz CT molecular complexity index is 2470. The van der Waals surface area contributed by atoms with E-state index in [1.807, 2.05) is 13.8 Å². The molecule has 93 heavy (non-hydrogen) atoms. The highest BCUT2D eigenvalue weighted by molar-refractivity contribution is 6.00. The summed E-state index contributed by atoms with van der Waals surface area (Å²) in [5.41, 5.74) is 28.7. The number of nitrogens with one attached hydrogen (secondary N) is 10. The summed E-state index contributed by atoms with van der Waals surface area (Å²) in [5.74, 6) is -13.5. The number of carbonyl (C=O) groups excluding carboxylic acids is 12. The molecule has 0 radical (unpaired) electrons. The predicted octanol–water partition coefficient (Wildman–Crippen LogP) is -4.99. The summed E-state index contributed by atoms with van der Waals surface area (Å²) in [6.45, 7) is 16.2. The van der Waals surface area contributed by atoms with Gasteiger partial charge in [-0.2, -0.15) is 0 Å². The van der Waals surface area contributed by atoms with Gasteiger partial charge in [-0.1, -0.05) is 55.4 Å². The van der Waals surface area contributed by atoms with E-state index in [1.54, 1.807) is 41.5 Å². The molecule has 24 N–H and O–H groups in total. The molecule has 0 unspecified atom stereocenters. The monoisotopic (exact) mass is 1330 g/mol. The number of carbonyl (C=O) groups is 13. The van der Waals surface area contributed by atoms with Crippen molar-refractivity contribution in [1.29, 1.82) is 0 Å². The van der Waals surface area contributed by atoms with Crippen LogP contribution in [-0.2, 0) is 62.3 Å². The van der Waals surface area contributed by atoms with Gasteiger partial charge in [-0.15, -0.1) is 0 Å². The van der Waals surface area contributed by atoms with Crippen molar-refractivity contribution in [3.63, 3.8) is 0 Å². The average Bonchev–Trinajstić information content (AvgIpc) is 1.82. The maximum Gasteiger partial charge on any atom is 0.303 e. The van der Waals surface area contributed by atoms with Crippen molar-refractivity contribution in [2.45, 2.75) is 250 Å². The third kappa shape index (κ3) is 31.5. The molecule has 0 bridgehead atoms. The van der Waals surface area contributed by atoms with Gasteiger partial charge in [0, 0.05) is 13.0 Å². The number of hydrogen-bond donors (Lipinski definition) is 19. The van der Waals surface area contributed by atoms with Crippen molar-refractivity contribution in [3.8, 4) is 0 Å². The second-order valence-corrected chi connectivity index (χ2v) is 25.7. The number of nitrogens with two attached hydrogens (primary N) is 5. The molecular weight excluding hydrogens is 1220 g/mol. The van der Waals surface area contributed by atoms with Crippen LogP contribution in [0.2, 0.25) is 0 Å². The van der Waals surface area contributed by atoms with Gasteiger partial charge in [0.1, 0.15) is 66.5 Å². The average molecular weight is 1330 g/mol. The van der Waals surface area contributed by atoms with Crippen molar-refractivity contribution in [1.82, 2.24) is 58.1 Å². The van der Waals surface area contributed by atoms with Crippen LogP contribution in [0.1, 0.15) is 166 Å². The van der Waals surface area contributed by atoms with Gasteiger partial charge in [0.15, 0.2) is 0 Å². The topological polar surface area (TPSA) is 556 Å². The summed E-state index contributed by atoms with van der Waals surface area (Å²) < 4.78 is 0. The third-order valence-corrected chi connectivity index (χ3v) is 15.0. The van der Waals surface area contributed by atoms with Crippen LogP contribution in [0.4, 0.5) is 0 Å². The van der Waals surface area contributed by atoms with Crippen LogP contribution in [0.3, 0.4) is 0 Å². The lowest BCUT2D eigenvalue weighted by atomic mass is 10.00. The molecule has 0 aromatic rings. The standard InChI is InChI=1S/C60H110N16O17/c1-30(2)24-39(71-58(91)48(34(9)78)74-55(88)41(26-32(5)6)68-50(83)36(63)29-77)52(85)67-38(19-20-47(81)82)60(93)76-23-15-17-44(76)57(90)70-43(28-46(65)80)53(86)66-37(16-11-13-21-61)51(84)69-42(27-33(7)8)56(89)75-49(35(10)79)59(92)72-40(25-31(3)4)54(87)73-45(64)18-12-14-22-62/h30-45,48-49,77-79H,11-29,61-64H2,1-10H3,(H2,65,80)(H,66,86)(H,67,85)(H,68,83)(H,69,84)(H,70,90)(H,71,91)(H,72,92)(H,73,87)(H,74,88)(H,75,89)(H,81,82)/t34-,35-,36+,37+,38+,39+,40+,41+,42+,43+,44+,45+,48+,49+/m1/s1. The molecule has 1 saturated heterocycles. The number of aliphatic hydroxyl groups is 3. The largest absolute Gasteiger partial charge is 0.481 e. The molecule has 0 spiro atoms. The summed E-state index contributed by atoms with van der Waals surface area (Å²) in [5, 5.41) is 65.8. The highest BCUT2D eigenvalue weighted by atomic mass is 16.4. The van der Waals surface area contributed by atoms with E-state index < -0.39 is 188 Å². The lowest BCUT2D eigenvalue weighted by molar-refractivity contribution is -0.144. The number of carboxylic acids is 1. The van der Waals surface area contributed by atoms with E-state index in [0.717, 1.165) is 4.90 Å². The summed E-state index contributed by atoms with van der Waals surface area (Å²) in [7, 11) is 0. The van der Waals surface area contributed by atoms with Gasteiger partial charge in [0.2, 0.25) is 70.9 Å². The number of primary amides is 1. The van der Waals surface area contributed by atoms with E-state index in [-0.39, 0.29) is 88.1 Å². The summed E-state index contributed by atoms with van der Waals surface area (Å²) in [6, 6.07) is -16.3. The van der Waals surface area contributed by atoms with Crippen LogP contribution in [0.15, 0.2) is 0 Å². The van der Waals surface area contributed by atoms with Crippen LogP contribution < -0.4 is 81.8 Å². The number of unbranched alkanes of at least 4 members (excludes halogenated alkanes) is 2. The molecule has 0 aliphatic carbocycles. The molecule has 33 nitrogen and oxygen atoms in total. The Morgan fingerprint density at radius 3 is 1.25 bits per heavy atom. The number of carboxylic acid groups (broad SMARTS) is 1. The van der Waals surface area contributed by atoms with Crippen LogP contribution in [0.25, 0.3) is 0 Å². The SMILES string of the molecule is CC(C)C[C@H](NC(=O)[C@H](CCCCN)NC(=O)[C@H](CC(N)=O)NC(=O)[C@@H]1CCCN1C(=O)[C@H](CCC(=O)O)NC(=O)[C@H](CC(C)C)NC(=O)[C@@H](NC(=O)[C@H](CC(C)C)NC(=O)[C@@H](N)CO)[C@@H](C)O)C(=O)N[C@H](C(=O)N[C@@H](CC(C)C)C(=O)N[C@H](N)CCCCN)[C@@H](C)O. The highest BCUT2D eigenvalue weighted by Crippen LogP contribution is 2.21. The first-order valence-electron chi connectivity index (χ1n) is 32.2. The maximum atomic E-state index is 14.5. The number of likely N-dealkylation sites (tertiary alicyclic amines) is 1. The Balaban J connectivity index is 3.55. The first kappa shape index (κ1) is 83.8. The number of amides is 12. The van der Waals surface area contributed by atoms with Crippen molar-refractivity contribution in [3.05, 3.63) is 0 Å². The summed E-state index contributed by atoms with van der Waals surface area (Å²) in [6.07, 6.45) is -3.35. The molecule has 0 aromatic carbocycles. The smallest absolute Gasteiger partial charge is 0.303 e. The zero-order valence-corrected chi connectivity index (χ0v) is 55.8. The van der Waals surface area contributed by atoms with E-state index in [1.165, 1.54) is 13.8 Å². The zero-order chi connectivity index (χ0) is 71.0. The molecule has 1 rings (SSSR count). The Labute approximate surface area is 544 Å². The molecule has 532 valence electrons. The predicted molar refractivity (Wildman–Crippen MR) is 341 cm³/mol. The molecule has 33 heteroatoms. The van der Waals surface area contributed by atoms with Crippen molar-refractivity contribution in [2.75, 3.05) is 26.2 Å². The fraction of sp³-hybridized carbons (Fsp3) is 0.783. The van der Waals surface area contributed by atoms with Gasteiger partial charge in [0.25, 0.3) is 0 Å². The minimum Gasteiger partial charge on any atom is -0.481 e. The van der Waals surface area contributed by atoms with Gasteiger partial charge in [-0.05, 0) is 134 Å². The van der Waals surface area contributed by atoms with Gasteiger partial charge < -0.3 is 107 Å². The van der Waals surface area contributed by atoms with Crippen molar-refractivity contribution < 1.29 is 82.8 Å². The molecule has 14 atom stereocenters. The Morgan fingerprint density at radius 1 is 0.462 bits per heavy atom. The first-order valence-corrected chi connectivity index (χ1v) is 32.2. The van der Waals surface area contributed by atoms with Crippen LogP contribution in [0, 0.1) is 23.7 Å². The van der Waals surface area contributed by atoms with Crippen molar-refractivity contribution >= 4 is 76.9 Å². The van der Waals surface area contributed by atoms with Crippen LogP contribution in [0.5, 0.6) is 0 Å². The van der Waals surface area contributed by atoms with Gasteiger partial charge in [0.05, 0.1) is 31.4 Å². The molecule has 0 aromatic heterocycles. The Hall–Kier alpha value is -7.17. The van der Waals surface area contributed by atoms with E-state index in [0.29, 0.717) is 32.2 Å². The lowest BCUT2D eigenvalue weighted by Crippen LogP contribution is -2.62. The van der Waals surface area contributed by atoms with Crippen molar-refractivity contribution in [2.24, 2.45) is 52.3 Å². The second kappa shape index (κ2) is 42.9. The van der Waals surface area contributed by atoms with E-state index in [9.17, 15) is 82.8 Å². The molecule has 1 aliphatic rings. The molecular formula is C60H110N16O17. The summed E-state index contributed by atoms with van der Waals surface area (Å²) in [4.78, 5) is 179. The summed E-state index contributed by atoms with van der Waals surface area (Å²) >= 11 is 0. The van der Waals surface area contributed by atoms with E-state index in [4.69, 9.17) is 28.7 Å². The first-order chi connectivity index (χ1) is 43.5. The maximum absolute atomic E-state index is 14.5. The van der Waals surface area contributed by atoms with E-state index >= 15 is 0 Å². The second-order valence-electron chi connectivity index (χ2n) is 25.7. The molecule has 12 amide bonds. The number of aliphatic carboxylic acids is 1. The minimum atomic E-state index is -1.78. The number of aliphatic hydroxyl groups excluding tert-OH is 3. The normalized spacial score (nSPS) is 17.3. The zero-order valence-electron chi connectivity index (χ0n) is 55.8. The van der Waals surface area contributed by atoms with Crippen LogP contribution >= 0.6 is 0 Å². The van der Waals surface area contributed by atoms with E-state index in [2.05, 4.69) is 53.2 Å². The quantitative estimate of drug-likeness (QED) is 0.0201. The van der Waals surface area contributed by atoms with Crippen LogP contribution in [-0.4, -0.2) is 213 Å². The Morgan fingerprint density at radius 2 is 0.839 bits per heavy atom. The number of nitrogens with zero attached hydrogens (tertiary/aromatic N) is 1. The fourth-order valence-corrected chi connectivity index (χ4v) is 10.2. The lowest BCUT2D eigenvalue weighted by Gasteiger charge is -2.31. The number of rotatable bonds is 45. The molecule has 1 fully saturated rings. The van der Waals surface area contributed by atoms with Gasteiger partial charge in [-0.3, -0.25) is 62.3 Å². The molecule has 1 heterocycles. The third-order valence-electron chi connectivity index (χ3n) is 15.0. The molecule has 0 saturated carbocycles. The fourth-order valence-electron chi connectivity index (χ4n) is 10.2. The number of hydrogen-bond acceptors (Lipinski definition) is 20. The minimum absolute atomic E-state index is 0.0261. The Kier molecular flexibility index (Phi) is 38.7. The molecule has 1 aliphatic heterocycles. The van der Waals surface area contributed by atoms with Gasteiger partial charge >= 0.3 is 5.97 Å². The van der Waals surface area contributed by atoms with Gasteiger partial charge in [-0.25, -0.2) is 0 Å².